The normalized spacial score (nSPS) is 25.4. The number of nitrogens with zero attached hydrogens (tertiary/aromatic N) is 2. The van der Waals surface area contributed by atoms with Gasteiger partial charge in [-0.1, -0.05) is 11.6 Å². The van der Waals surface area contributed by atoms with Crippen molar-refractivity contribution in [1.29, 1.82) is 0 Å². The molecule has 2 N–H and O–H groups in total. The van der Waals surface area contributed by atoms with Crippen molar-refractivity contribution in [3.63, 3.8) is 0 Å². The van der Waals surface area contributed by atoms with Crippen molar-refractivity contribution < 1.29 is 9.90 Å². The average molecular weight is 228 g/mol. The lowest BCUT2D eigenvalue weighted by Gasteiger charge is -2.13. The fraction of sp³-hybridized carbons (Fsp3) is 0.444. The maximum Gasteiger partial charge on any atom is 0.321 e. The van der Waals surface area contributed by atoms with E-state index in [1.165, 1.54) is 0 Å². The third kappa shape index (κ3) is 2.08. The summed E-state index contributed by atoms with van der Waals surface area (Å²) in [5.74, 6) is -0.971. The first-order chi connectivity index (χ1) is 7.18. The number of hydrogen-bond donors (Lipinski definition) is 2. The van der Waals surface area contributed by atoms with Gasteiger partial charge in [0.05, 0.1) is 5.69 Å². The zero-order valence-corrected chi connectivity index (χ0v) is 8.61. The van der Waals surface area contributed by atoms with Crippen molar-refractivity contribution in [2.45, 2.75) is 18.4 Å². The highest BCUT2D eigenvalue weighted by molar-refractivity contribution is 6.29. The Morgan fingerprint density at radius 3 is 2.93 bits per heavy atom. The molecule has 5 nitrogen and oxygen atoms in total. The summed E-state index contributed by atoms with van der Waals surface area (Å²) in [7, 11) is 0. The molecule has 15 heavy (non-hydrogen) atoms. The van der Waals surface area contributed by atoms with Gasteiger partial charge in [-0.25, -0.2) is 0 Å². The third-order valence-electron chi connectivity index (χ3n) is 2.52. The molecule has 6 heteroatoms. The van der Waals surface area contributed by atoms with E-state index in [9.17, 15) is 4.79 Å². The summed E-state index contributed by atoms with van der Waals surface area (Å²) in [5.41, 5.74) is 0.678. The van der Waals surface area contributed by atoms with Crippen molar-refractivity contribution in [3.8, 4) is 0 Å². The molecule has 1 saturated heterocycles. The maximum absolute atomic E-state index is 10.9. The number of carboxylic acid groups (broad SMARTS) is 1. The number of carbonyl (C=O) groups is 1. The molecule has 0 aromatic carbocycles. The first-order valence-electron chi connectivity index (χ1n) is 4.64. The van der Waals surface area contributed by atoms with E-state index in [2.05, 4.69) is 15.5 Å². The Balaban J connectivity index is 2.22. The minimum atomic E-state index is -0.853. The second kappa shape index (κ2) is 4.12. The second-order valence-electron chi connectivity index (χ2n) is 3.45. The van der Waals surface area contributed by atoms with Crippen molar-refractivity contribution in [2.24, 2.45) is 0 Å². The monoisotopic (exact) mass is 227 g/mol. The topological polar surface area (TPSA) is 75.1 Å². The van der Waals surface area contributed by atoms with Gasteiger partial charge in [0, 0.05) is 5.92 Å². The first-order valence-corrected chi connectivity index (χ1v) is 5.01. The Morgan fingerprint density at radius 1 is 1.53 bits per heavy atom. The summed E-state index contributed by atoms with van der Waals surface area (Å²) in [6, 6.07) is 2.78. The molecule has 2 rings (SSSR count). The van der Waals surface area contributed by atoms with Gasteiger partial charge in [0.25, 0.3) is 0 Å². The zero-order chi connectivity index (χ0) is 10.8. The molecule has 1 aromatic heterocycles. The number of carboxylic acids is 1. The molecule has 2 heterocycles. The molecule has 0 radical (unpaired) electrons. The summed E-state index contributed by atoms with van der Waals surface area (Å²) in [6.07, 6.45) is 0.757. The van der Waals surface area contributed by atoms with Crippen LogP contribution >= 0.6 is 11.6 Å². The Morgan fingerprint density at radius 2 is 2.33 bits per heavy atom. The van der Waals surface area contributed by atoms with Gasteiger partial charge in [0.1, 0.15) is 6.04 Å². The average Bonchev–Trinajstić information content (AvgIpc) is 2.67. The summed E-state index contributed by atoms with van der Waals surface area (Å²) in [4.78, 5) is 10.9. The van der Waals surface area contributed by atoms with Crippen LogP contribution in [0.3, 0.4) is 0 Å². The number of aromatic nitrogens is 2. The fourth-order valence-electron chi connectivity index (χ4n) is 1.81. The van der Waals surface area contributed by atoms with E-state index in [1.54, 1.807) is 12.1 Å². The maximum atomic E-state index is 10.9. The van der Waals surface area contributed by atoms with E-state index < -0.39 is 12.0 Å². The third-order valence-corrected chi connectivity index (χ3v) is 2.72. The Hall–Kier alpha value is -1.20. The van der Waals surface area contributed by atoms with Crippen LogP contribution < -0.4 is 5.32 Å². The van der Waals surface area contributed by atoms with Crippen LogP contribution in [0.2, 0.25) is 5.15 Å². The van der Waals surface area contributed by atoms with E-state index >= 15 is 0 Å². The number of hydrogen-bond acceptors (Lipinski definition) is 4. The molecule has 0 spiro atoms. The number of halogens is 1. The largest absolute Gasteiger partial charge is 0.480 e. The van der Waals surface area contributed by atoms with Crippen molar-refractivity contribution in [2.75, 3.05) is 6.54 Å². The lowest BCUT2D eigenvalue weighted by molar-refractivity contribution is -0.139. The van der Waals surface area contributed by atoms with Crippen molar-refractivity contribution >= 4 is 17.6 Å². The van der Waals surface area contributed by atoms with Gasteiger partial charge in [-0.3, -0.25) is 4.79 Å². The van der Waals surface area contributed by atoms with Crippen LogP contribution in [0.15, 0.2) is 12.1 Å². The SMILES string of the molecule is O=C(O)[C@@H]1NCC[C@@H]1c1ccc(Cl)nn1. The molecule has 1 aliphatic heterocycles. The van der Waals surface area contributed by atoms with E-state index in [0.717, 1.165) is 6.42 Å². The Labute approximate surface area is 91.5 Å². The highest BCUT2D eigenvalue weighted by Crippen LogP contribution is 2.26. The number of rotatable bonds is 2. The molecule has 0 aliphatic carbocycles. The minimum Gasteiger partial charge on any atom is -0.480 e. The van der Waals surface area contributed by atoms with Crippen LogP contribution in [0.5, 0.6) is 0 Å². The van der Waals surface area contributed by atoms with Gasteiger partial charge in [-0.2, -0.15) is 5.10 Å². The zero-order valence-electron chi connectivity index (χ0n) is 7.85. The second-order valence-corrected chi connectivity index (χ2v) is 3.83. The van der Waals surface area contributed by atoms with Crippen LogP contribution in [0.25, 0.3) is 0 Å². The van der Waals surface area contributed by atoms with Gasteiger partial charge in [0.15, 0.2) is 5.15 Å². The fourth-order valence-corrected chi connectivity index (χ4v) is 1.91. The lowest BCUT2D eigenvalue weighted by atomic mass is 9.97. The van der Waals surface area contributed by atoms with Gasteiger partial charge in [-0.05, 0) is 25.1 Å². The van der Waals surface area contributed by atoms with E-state index in [4.69, 9.17) is 16.7 Å². The molecule has 1 aromatic rings. The molecular formula is C9H10ClN3O2. The van der Waals surface area contributed by atoms with Crippen LogP contribution in [0.1, 0.15) is 18.0 Å². The van der Waals surface area contributed by atoms with E-state index in [1.807, 2.05) is 0 Å². The number of nitrogens with one attached hydrogen (secondary N) is 1. The summed E-state index contributed by atoms with van der Waals surface area (Å²) in [5, 5.41) is 19.8. The van der Waals surface area contributed by atoms with Crippen LogP contribution in [0, 0.1) is 0 Å². The summed E-state index contributed by atoms with van der Waals surface area (Å²) in [6.45, 7) is 0.686. The van der Waals surface area contributed by atoms with Crippen LogP contribution in [-0.2, 0) is 4.79 Å². The molecule has 1 aliphatic rings. The summed E-state index contributed by atoms with van der Waals surface area (Å²) < 4.78 is 0. The van der Waals surface area contributed by atoms with Gasteiger partial charge >= 0.3 is 5.97 Å². The molecule has 80 valence electrons. The lowest BCUT2D eigenvalue weighted by Crippen LogP contribution is -2.34. The van der Waals surface area contributed by atoms with E-state index in [0.29, 0.717) is 17.4 Å². The molecule has 0 amide bonds. The smallest absolute Gasteiger partial charge is 0.321 e. The molecule has 0 saturated carbocycles. The molecule has 2 atom stereocenters. The molecule has 0 bridgehead atoms. The minimum absolute atomic E-state index is 0.118. The van der Waals surface area contributed by atoms with Crippen LogP contribution in [0.4, 0.5) is 0 Å². The Kier molecular flexibility index (Phi) is 2.83. The molecular weight excluding hydrogens is 218 g/mol. The number of aliphatic carboxylic acids is 1. The highest BCUT2D eigenvalue weighted by Gasteiger charge is 2.34. The van der Waals surface area contributed by atoms with Gasteiger partial charge < -0.3 is 10.4 Å². The van der Waals surface area contributed by atoms with Crippen molar-refractivity contribution in [3.05, 3.63) is 23.0 Å². The predicted octanol–water partition coefficient (Wildman–Crippen LogP) is 0.660. The van der Waals surface area contributed by atoms with Crippen LogP contribution in [-0.4, -0.2) is 33.9 Å². The van der Waals surface area contributed by atoms with Crippen molar-refractivity contribution in [1.82, 2.24) is 15.5 Å². The summed E-state index contributed by atoms with van der Waals surface area (Å²) >= 11 is 5.61. The van der Waals surface area contributed by atoms with Gasteiger partial charge in [0.2, 0.25) is 0 Å². The molecule has 1 fully saturated rings. The highest BCUT2D eigenvalue weighted by atomic mass is 35.5. The van der Waals surface area contributed by atoms with Gasteiger partial charge in [-0.15, -0.1) is 5.10 Å². The Bertz CT molecular complexity index is 368. The quantitative estimate of drug-likeness (QED) is 0.777. The first kappa shape index (κ1) is 10.3. The predicted molar refractivity (Wildman–Crippen MR) is 53.8 cm³/mol. The molecule has 0 unspecified atom stereocenters. The van der Waals surface area contributed by atoms with E-state index in [-0.39, 0.29) is 5.92 Å². The standard InChI is InChI=1S/C9H10ClN3O2/c10-7-2-1-6(12-13-7)5-3-4-11-8(5)9(14)15/h1-2,5,8,11H,3-4H2,(H,14,15)/t5-,8-/m1/s1.